The lowest BCUT2D eigenvalue weighted by molar-refractivity contribution is 0.0543. The molecule has 0 aliphatic carbocycles. The van der Waals surface area contributed by atoms with Crippen molar-refractivity contribution in [1.82, 2.24) is 9.55 Å². The summed E-state index contributed by atoms with van der Waals surface area (Å²) in [5.41, 5.74) is 0.154. The average molecular weight is 322 g/mol. The van der Waals surface area contributed by atoms with Crippen molar-refractivity contribution in [2.24, 2.45) is 0 Å². The van der Waals surface area contributed by atoms with Crippen LogP contribution in [0.2, 0.25) is 0 Å². The van der Waals surface area contributed by atoms with Gasteiger partial charge < -0.3 is 4.74 Å². The smallest absolute Gasteiger partial charge is 0.420 e. The van der Waals surface area contributed by atoms with E-state index in [0.29, 0.717) is 10.1 Å². The first kappa shape index (κ1) is 13.6. The summed E-state index contributed by atoms with van der Waals surface area (Å²) in [6.07, 6.45) is 0.952. The highest BCUT2D eigenvalue weighted by atomic mass is 79.9. The SMILES string of the molecule is CC(C)(C)OC(=O)n1c(C#N)cc2cc(Br)ncc21. The standard InChI is InChI=1S/C13H12BrN3O2/c1-13(2,3)19-12(18)17-9(6-15)4-8-5-11(14)16-7-10(8)17/h4-5,7H,1-3H3. The Kier molecular flexibility index (Phi) is 3.33. The number of hydrogen-bond acceptors (Lipinski definition) is 4. The third kappa shape index (κ3) is 2.76. The first-order chi connectivity index (χ1) is 8.81. The summed E-state index contributed by atoms with van der Waals surface area (Å²) in [5.74, 6) is 0. The van der Waals surface area contributed by atoms with Crippen LogP contribution < -0.4 is 0 Å². The summed E-state index contributed by atoms with van der Waals surface area (Å²) in [6, 6.07) is 5.37. The van der Waals surface area contributed by atoms with Crippen molar-refractivity contribution in [3.63, 3.8) is 0 Å². The van der Waals surface area contributed by atoms with Crippen LogP contribution in [0.1, 0.15) is 26.5 Å². The van der Waals surface area contributed by atoms with Crippen molar-refractivity contribution in [2.45, 2.75) is 26.4 Å². The predicted molar refractivity (Wildman–Crippen MR) is 73.8 cm³/mol. The molecule has 98 valence electrons. The van der Waals surface area contributed by atoms with Gasteiger partial charge in [0.15, 0.2) is 0 Å². The fraction of sp³-hybridized carbons (Fsp3) is 0.308. The van der Waals surface area contributed by atoms with E-state index in [4.69, 9.17) is 10.00 Å². The Morgan fingerprint density at radius 2 is 2.16 bits per heavy atom. The Morgan fingerprint density at radius 1 is 1.47 bits per heavy atom. The zero-order chi connectivity index (χ0) is 14.2. The molecule has 5 nitrogen and oxygen atoms in total. The van der Waals surface area contributed by atoms with E-state index in [-0.39, 0.29) is 5.69 Å². The number of halogens is 1. The molecule has 2 heterocycles. The second-order valence-electron chi connectivity index (χ2n) is 5.02. The third-order valence-electron chi connectivity index (χ3n) is 2.35. The molecule has 0 bridgehead atoms. The first-order valence-electron chi connectivity index (χ1n) is 5.62. The molecule has 0 atom stereocenters. The molecule has 0 fully saturated rings. The van der Waals surface area contributed by atoms with Gasteiger partial charge in [-0.2, -0.15) is 5.26 Å². The van der Waals surface area contributed by atoms with E-state index in [1.807, 2.05) is 6.07 Å². The van der Waals surface area contributed by atoms with Gasteiger partial charge in [0.2, 0.25) is 0 Å². The molecule has 0 radical (unpaired) electrons. The van der Waals surface area contributed by atoms with Gasteiger partial charge in [-0.15, -0.1) is 0 Å². The first-order valence-corrected chi connectivity index (χ1v) is 6.41. The van der Waals surface area contributed by atoms with Gasteiger partial charge in [-0.1, -0.05) is 0 Å². The highest BCUT2D eigenvalue weighted by molar-refractivity contribution is 9.10. The molecule has 2 aromatic rings. The van der Waals surface area contributed by atoms with E-state index in [1.165, 1.54) is 10.8 Å². The van der Waals surface area contributed by atoms with Crippen molar-refractivity contribution in [2.75, 3.05) is 0 Å². The molecule has 0 amide bonds. The lowest BCUT2D eigenvalue weighted by Gasteiger charge is -2.20. The van der Waals surface area contributed by atoms with Crippen LogP contribution in [0.15, 0.2) is 22.9 Å². The van der Waals surface area contributed by atoms with Crippen LogP contribution in [0, 0.1) is 11.3 Å². The molecule has 0 aromatic carbocycles. The third-order valence-corrected chi connectivity index (χ3v) is 2.78. The number of pyridine rings is 1. The fourth-order valence-corrected chi connectivity index (χ4v) is 2.02. The zero-order valence-corrected chi connectivity index (χ0v) is 12.4. The zero-order valence-electron chi connectivity index (χ0n) is 10.8. The second-order valence-corrected chi connectivity index (χ2v) is 5.84. The number of nitriles is 1. The van der Waals surface area contributed by atoms with Gasteiger partial charge in [-0.05, 0) is 48.8 Å². The number of hydrogen-bond donors (Lipinski definition) is 0. The number of nitrogens with zero attached hydrogens (tertiary/aromatic N) is 3. The molecule has 19 heavy (non-hydrogen) atoms. The van der Waals surface area contributed by atoms with Crippen molar-refractivity contribution >= 4 is 32.9 Å². The van der Waals surface area contributed by atoms with Crippen LogP contribution in [0.25, 0.3) is 10.9 Å². The van der Waals surface area contributed by atoms with Gasteiger partial charge in [-0.3, -0.25) is 0 Å². The highest BCUT2D eigenvalue weighted by Gasteiger charge is 2.22. The van der Waals surface area contributed by atoms with Crippen LogP contribution in [0.4, 0.5) is 4.79 Å². The lowest BCUT2D eigenvalue weighted by Crippen LogP contribution is -2.27. The van der Waals surface area contributed by atoms with Crippen molar-refractivity contribution < 1.29 is 9.53 Å². The molecule has 0 spiro atoms. The van der Waals surface area contributed by atoms with Crippen LogP contribution in [0.3, 0.4) is 0 Å². The summed E-state index contributed by atoms with van der Waals surface area (Å²) >= 11 is 3.25. The molecule has 0 saturated heterocycles. The van der Waals surface area contributed by atoms with Crippen molar-refractivity contribution in [3.05, 3.63) is 28.6 Å². The normalized spacial score (nSPS) is 11.3. The highest BCUT2D eigenvalue weighted by Crippen LogP contribution is 2.23. The van der Waals surface area contributed by atoms with Crippen LogP contribution in [-0.4, -0.2) is 21.2 Å². The molecule has 6 heteroatoms. The Labute approximate surface area is 118 Å². The minimum atomic E-state index is -0.622. The molecule has 2 rings (SSSR count). The largest absolute Gasteiger partial charge is 0.443 e. The monoisotopic (exact) mass is 321 g/mol. The molecular formula is C13H12BrN3O2. The Balaban J connectivity index is 2.59. The number of carbonyl (C=O) groups is 1. The molecule has 0 aliphatic rings. The molecule has 0 unspecified atom stereocenters. The predicted octanol–water partition coefficient (Wildman–Crippen LogP) is 3.45. The van der Waals surface area contributed by atoms with Gasteiger partial charge >= 0.3 is 6.09 Å². The van der Waals surface area contributed by atoms with Crippen molar-refractivity contribution in [3.8, 4) is 6.07 Å². The minimum absolute atomic E-state index is 0.226. The quantitative estimate of drug-likeness (QED) is 0.697. The van der Waals surface area contributed by atoms with Crippen molar-refractivity contribution in [1.29, 1.82) is 5.26 Å². The average Bonchev–Trinajstić information content (AvgIpc) is 2.63. The van der Waals surface area contributed by atoms with Gasteiger partial charge in [-0.25, -0.2) is 14.3 Å². The Morgan fingerprint density at radius 3 is 2.74 bits per heavy atom. The van der Waals surface area contributed by atoms with Crippen LogP contribution in [-0.2, 0) is 4.74 Å². The molecule has 2 aromatic heterocycles. The minimum Gasteiger partial charge on any atom is -0.443 e. The van der Waals surface area contributed by atoms with E-state index in [9.17, 15) is 4.79 Å². The Hall–Kier alpha value is -1.87. The summed E-state index contributed by atoms with van der Waals surface area (Å²) in [7, 11) is 0. The van der Waals surface area contributed by atoms with Gasteiger partial charge in [0.1, 0.15) is 22.0 Å². The molecule has 0 saturated carbocycles. The summed E-state index contributed by atoms with van der Waals surface area (Å²) in [5, 5.41) is 9.88. The number of ether oxygens (including phenoxy) is 1. The maximum Gasteiger partial charge on any atom is 0.420 e. The maximum absolute atomic E-state index is 12.2. The summed E-state index contributed by atoms with van der Waals surface area (Å²) in [4.78, 5) is 16.2. The van der Waals surface area contributed by atoms with Gasteiger partial charge in [0.05, 0.1) is 11.7 Å². The van der Waals surface area contributed by atoms with Gasteiger partial charge in [0.25, 0.3) is 0 Å². The number of carbonyl (C=O) groups excluding carboxylic acids is 1. The van der Waals surface area contributed by atoms with Crippen LogP contribution in [0.5, 0.6) is 0 Å². The van der Waals surface area contributed by atoms with E-state index >= 15 is 0 Å². The molecule has 0 aliphatic heterocycles. The van der Waals surface area contributed by atoms with Crippen LogP contribution >= 0.6 is 15.9 Å². The maximum atomic E-state index is 12.2. The number of fused-ring (bicyclic) bond motifs is 1. The van der Waals surface area contributed by atoms with E-state index in [0.717, 1.165) is 5.39 Å². The topological polar surface area (TPSA) is 67.9 Å². The molecule has 0 N–H and O–H groups in total. The van der Waals surface area contributed by atoms with E-state index in [2.05, 4.69) is 20.9 Å². The fourth-order valence-electron chi connectivity index (χ4n) is 1.67. The van der Waals surface area contributed by atoms with Gasteiger partial charge in [0, 0.05) is 5.39 Å². The summed E-state index contributed by atoms with van der Waals surface area (Å²) in [6.45, 7) is 5.33. The van der Waals surface area contributed by atoms with E-state index < -0.39 is 11.7 Å². The van der Waals surface area contributed by atoms with E-state index in [1.54, 1.807) is 32.9 Å². The summed E-state index contributed by atoms with van der Waals surface area (Å²) < 4.78 is 7.18. The number of aromatic nitrogens is 2. The lowest BCUT2D eigenvalue weighted by atomic mass is 10.2. The number of rotatable bonds is 0. The Bertz CT molecular complexity index is 692. The second kappa shape index (κ2) is 4.67. The molecular weight excluding hydrogens is 310 g/mol.